The quantitative estimate of drug-likeness (QED) is 0.868. The van der Waals surface area contributed by atoms with Gasteiger partial charge in [0, 0.05) is 34.7 Å². The molecule has 1 fully saturated rings. The van der Waals surface area contributed by atoms with Gasteiger partial charge in [-0.1, -0.05) is 23.9 Å². The number of nitrogens with two attached hydrogens (primary N) is 1. The zero-order valence-electron chi connectivity index (χ0n) is 12.6. The zero-order chi connectivity index (χ0) is 16.2. The van der Waals surface area contributed by atoms with Crippen LogP contribution in [0.5, 0.6) is 0 Å². The van der Waals surface area contributed by atoms with Gasteiger partial charge in [-0.2, -0.15) is 0 Å². The number of hydrogen-bond donors (Lipinski definition) is 1. The van der Waals surface area contributed by atoms with Crippen molar-refractivity contribution in [1.82, 2.24) is 9.88 Å². The minimum atomic E-state index is 0.0559. The SMILES string of the molecule is NC1CCCN(C(=O)c2ccccc2Sc2ccc(Br)cn2)C1. The third kappa shape index (κ3) is 4.13. The van der Waals surface area contributed by atoms with Crippen LogP contribution < -0.4 is 5.73 Å². The van der Waals surface area contributed by atoms with E-state index < -0.39 is 0 Å². The van der Waals surface area contributed by atoms with Gasteiger partial charge < -0.3 is 10.6 Å². The molecule has 3 rings (SSSR count). The van der Waals surface area contributed by atoms with Gasteiger partial charge in [-0.25, -0.2) is 4.98 Å². The third-order valence-corrected chi connectivity index (χ3v) is 5.27. The highest BCUT2D eigenvalue weighted by Gasteiger charge is 2.24. The van der Waals surface area contributed by atoms with Gasteiger partial charge in [-0.3, -0.25) is 4.79 Å². The number of carbonyl (C=O) groups excluding carboxylic acids is 1. The van der Waals surface area contributed by atoms with Crippen LogP contribution in [0.3, 0.4) is 0 Å². The van der Waals surface area contributed by atoms with Crippen molar-refractivity contribution in [2.24, 2.45) is 5.73 Å². The summed E-state index contributed by atoms with van der Waals surface area (Å²) in [6.45, 7) is 1.41. The molecule has 120 valence electrons. The summed E-state index contributed by atoms with van der Waals surface area (Å²) >= 11 is 4.89. The Bertz CT molecular complexity index is 692. The molecule has 0 bridgehead atoms. The number of hydrogen-bond acceptors (Lipinski definition) is 4. The lowest BCUT2D eigenvalue weighted by Gasteiger charge is -2.31. The Morgan fingerprint density at radius 1 is 1.30 bits per heavy atom. The van der Waals surface area contributed by atoms with Crippen LogP contribution in [-0.4, -0.2) is 34.9 Å². The Labute approximate surface area is 148 Å². The van der Waals surface area contributed by atoms with Crippen molar-refractivity contribution in [1.29, 1.82) is 0 Å². The molecule has 0 aliphatic carbocycles. The normalized spacial score (nSPS) is 18.0. The first-order chi connectivity index (χ1) is 11.1. The smallest absolute Gasteiger partial charge is 0.255 e. The van der Waals surface area contributed by atoms with E-state index in [-0.39, 0.29) is 11.9 Å². The Balaban J connectivity index is 1.82. The number of rotatable bonds is 3. The Kier molecular flexibility index (Phi) is 5.35. The van der Waals surface area contributed by atoms with E-state index in [4.69, 9.17) is 5.73 Å². The zero-order valence-corrected chi connectivity index (χ0v) is 15.0. The fourth-order valence-corrected chi connectivity index (χ4v) is 3.75. The minimum absolute atomic E-state index is 0.0559. The average Bonchev–Trinajstić information content (AvgIpc) is 2.57. The number of piperidine rings is 1. The maximum Gasteiger partial charge on any atom is 0.255 e. The van der Waals surface area contributed by atoms with E-state index in [9.17, 15) is 4.79 Å². The topological polar surface area (TPSA) is 59.2 Å². The molecular formula is C17H18BrN3OS. The summed E-state index contributed by atoms with van der Waals surface area (Å²) in [6, 6.07) is 11.7. The van der Waals surface area contributed by atoms with E-state index in [0.717, 1.165) is 39.3 Å². The predicted molar refractivity (Wildman–Crippen MR) is 95.6 cm³/mol. The highest BCUT2D eigenvalue weighted by Crippen LogP contribution is 2.30. The van der Waals surface area contributed by atoms with Crippen LogP contribution in [-0.2, 0) is 0 Å². The van der Waals surface area contributed by atoms with E-state index >= 15 is 0 Å². The van der Waals surface area contributed by atoms with Crippen molar-refractivity contribution in [2.75, 3.05) is 13.1 Å². The van der Waals surface area contributed by atoms with Crippen LogP contribution in [0.25, 0.3) is 0 Å². The molecule has 4 nitrogen and oxygen atoms in total. The van der Waals surface area contributed by atoms with Gasteiger partial charge in [0.15, 0.2) is 0 Å². The first-order valence-corrected chi connectivity index (χ1v) is 9.18. The second-order valence-corrected chi connectivity index (χ2v) is 7.54. The molecule has 0 spiro atoms. The standard InChI is InChI=1S/C17H18BrN3OS/c18-12-7-8-16(20-10-12)23-15-6-2-1-5-14(15)17(22)21-9-3-4-13(19)11-21/h1-2,5-8,10,13H,3-4,9,11,19H2. The molecule has 1 aromatic heterocycles. The van der Waals surface area contributed by atoms with Crippen LogP contribution >= 0.6 is 27.7 Å². The molecule has 2 heterocycles. The number of carbonyl (C=O) groups is 1. The molecule has 1 aliphatic heterocycles. The molecule has 1 aliphatic rings. The number of aromatic nitrogens is 1. The van der Waals surface area contributed by atoms with Gasteiger partial charge in [-0.05, 0) is 53.0 Å². The maximum atomic E-state index is 12.8. The first-order valence-electron chi connectivity index (χ1n) is 7.57. The number of pyridine rings is 1. The largest absolute Gasteiger partial charge is 0.337 e. The average molecular weight is 392 g/mol. The van der Waals surface area contributed by atoms with Crippen LogP contribution in [0, 0.1) is 0 Å². The molecule has 1 saturated heterocycles. The summed E-state index contributed by atoms with van der Waals surface area (Å²) in [5, 5.41) is 0.865. The van der Waals surface area contributed by atoms with Crippen molar-refractivity contribution in [2.45, 2.75) is 28.8 Å². The van der Waals surface area contributed by atoms with Gasteiger partial charge in [0.05, 0.1) is 5.56 Å². The van der Waals surface area contributed by atoms with E-state index in [1.54, 1.807) is 6.20 Å². The van der Waals surface area contributed by atoms with Gasteiger partial charge in [-0.15, -0.1) is 0 Å². The second-order valence-electron chi connectivity index (χ2n) is 5.57. The van der Waals surface area contributed by atoms with E-state index in [2.05, 4.69) is 20.9 Å². The van der Waals surface area contributed by atoms with E-state index in [1.807, 2.05) is 41.3 Å². The monoisotopic (exact) mass is 391 g/mol. The summed E-state index contributed by atoms with van der Waals surface area (Å²) in [7, 11) is 0. The van der Waals surface area contributed by atoms with Crippen molar-refractivity contribution in [3.8, 4) is 0 Å². The van der Waals surface area contributed by atoms with Gasteiger partial charge in [0.25, 0.3) is 5.91 Å². The number of benzene rings is 1. The summed E-state index contributed by atoms with van der Waals surface area (Å²) in [5.41, 5.74) is 6.72. The summed E-state index contributed by atoms with van der Waals surface area (Å²) in [6.07, 6.45) is 3.72. The fraction of sp³-hybridized carbons (Fsp3) is 0.294. The lowest BCUT2D eigenvalue weighted by atomic mass is 10.1. The minimum Gasteiger partial charge on any atom is -0.337 e. The number of amides is 1. The molecule has 1 aromatic carbocycles. The van der Waals surface area contributed by atoms with Gasteiger partial charge in [0.2, 0.25) is 0 Å². The predicted octanol–water partition coefficient (Wildman–Crippen LogP) is 3.56. The van der Waals surface area contributed by atoms with Crippen LogP contribution in [0.1, 0.15) is 23.2 Å². The van der Waals surface area contributed by atoms with Crippen molar-refractivity contribution in [3.63, 3.8) is 0 Å². The molecule has 2 aromatic rings. The van der Waals surface area contributed by atoms with E-state index in [1.165, 1.54) is 11.8 Å². The molecule has 2 N–H and O–H groups in total. The summed E-state index contributed by atoms with van der Waals surface area (Å²) < 4.78 is 0.938. The number of likely N-dealkylation sites (tertiary alicyclic amines) is 1. The molecular weight excluding hydrogens is 374 g/mol. The summed E-state index contributed by atoms with van der Waals surface area (Å²) in [4.78, 5) is 20.0. The first kappa shape index (κ1) is 16.5. The summed E-state index contributed by atoms with van der Waals surface area (Å²) in [5.74, 6) is 0.0559. The maximum absolute atomic E-state index is 12.8. The van der Waals surface area contributed by atoms with Crippen molar-refractivity contribution >= 4 is 33.6 Å². The third-order valence-electron chi connectivity index (χ3n) is 3.78. The van der Waals surface area contributed by atoms with Gasteiger partial charge >= 0.3 is 0 Å². The Morgan fingerprint density at radius 3 is 2.87 bits per heavy atom. The Morgan fingerprint density at radius 2 is 2.13 bits per heavy atom. The lowest BCUT2D eigenvalue weighted by molar-refractivity contribution is 0.0705. The van der Waals surface area contributed by atoms with Gasteiger partial charge in [0.1, 0.15) is 5.03 Å². The lowest BCUT2D eigenvalue weighted by Crippen LogP contribution is -2.45. The fourth-order valence-electron chi connectivity index (χ4n) is 2.63. The highest BCUT2D eigenvalue weighted by molar-refractivity contribution is 9.10. The molecule has 0 saturated carbocycles. The van der Waals surface area contributed by atoms with Crippen LogP contribution in [0.2, 0.25) is 0 Å². The molecule has 1 atom stereocenters. The molecule has 1 unspecified atom stereocenters. The molecule has 0 radical (unpaired) electrons. The molecule has 23 heavy (non-hydrogen) atoms. The Hall–Kier alpha value is -1.37. The van der Waals surface area contributed by atoms with E-state index in [0.29, 0.717) is 6.54 Å². The molecule has 6 heteroatoms. The number of halogens is 1. The van der Waals surface area contributed by atoms with Crippen LogP contribution in [0.4, 0.5) is 0 Å². The highest BCUT2D eigenvalue weighted by atomic mass is 79.9. The number of nitrogens with zero attached hydrogens (tertiary/aromatic N) is 2. The van der Waals surface area contributed by atoms with Crippen molar-refractivity contribution < 1.29 is 4.79 Å². The second kappa shape index (κ2) is 7.47. The van der Waals surface area contributed by atoms with Crippen LogP contribution in [0.15, 0.2) is 57.0 Å². The van der Waals surface area contributed by atoms with Crippen molar-refractivity contribution in [3.05, 3.63) is 52.6 Å². The molecule has 1 amide bonds.